The van der Waals surface area contributed by atoms with Gasteiger partial charge in [0.1, 0.15) is 6.04 Å². The molecule has 0 saturated carbocycles. The molecule has 0 aliphatic heterocycles. The van der Waals surface area contributed by atoms with Crippen molar-refractivity contribution in [2.24, 2.45) is 0 Å². The highest BCUT2D eigenvalue weighted by atomic mass is 16.5. The summed E-state index contributed by atoms with van der Waals surface area (Å²) in [6.45, 7) is 1.71. The lowest BCUT2D eigenvalue weighted by Crippen LogP contribution is -2.27. The van der Waals surface area contributed by atoms with E-state index in [1.807, 2.05) is 6.07 Å². The van der Waals surface area contributed by atoms with Crippen molar-refractivity contribution in [3.05, 3.63) is 29.8 Å². The number of esters is 1. The van der Waals surface area contributed by atoms with Gasteiger partial charge in [-0.05, 0) is 31.2 Å². The maximum atomic E-state index is 11.1. The Balaban J connectivity index is 2.66. The number of hydrogen-bond donors (Lipinski definition) is 1. The summed E-state index contributed by atoms with van der Waals surface area (Å²) in [7, 11) is 1.35. The molecule has 1 aromatic rings. The first-order chi connectivity index (χ1) is 7.17. The number of benzene rings is 1. The molecule has 0 saturated heterocycles. The number of anilines is 1. The van der Waals surface area contributed by atoms with Crippen molar-refractivity contribution in [1.29, 1.82) is 5.26 Å². The predicted molar refractivity (Wildman–Crippen MR) is 56.3 cm³/mol. The van der Waals surface area contributed by atoms with Gasteiger partial charge in [-0.2, -0.15) is 5.26 Å². The first-order valence-electron chi connectivity index (χ1n) is 4.52. The van der Waals surface area contributed by atoms with Crippen molar-refractivity contribution < 1.29 is 9.53 Å². The second-order valence-corrected chi connectivity index (χ2v) is 3.08. The smallest absolute Gasteiger partial charge is 0.327 e. The fraction of sp³-hybridized carbons (Fsp3) is 0.273. The highest BCUT2D eigenvalue weighted by Gasteiger charge is 2.11. The zero-order valence-corrected chi connectivity index (χ0v) is 8.65. The van der Waals surface area contributed by atoms with Crippen LogP contribution in [0.3, 0.4) is 0 Å². The number of methoxy groups -OCH3 is 1. The number of rotatable bonds is 3. The van der Waals surface area contributed by atoms with Crippen molar-refractivity contribution in [2.45, 2.75) is 13.0 Å². The number of nitrogens with one attached hydrogen (secondary N) is 1. The number of carbonyl (C=O) groups is 1. The topological polar surface area (TPSA) is 62.1 Å². The largest absolute Gasteiger partial charge is 0.467 e. The van der Waals surface area contributed by atoms with Crippen LogP contribution in [0.25, 0.3) is 0 Å². The van der Waals surface area contributed by atoms with Crippen LogP contribution in [0.15, 0.2) is 24.3 Å². The standard InChI is InChI=1S/C11H12N2O2/c1-8(11(14)15-2)13-10-5-3-9(7-12)4-6-10/h3-6,8,13H,1-2H3. The minimum atomic E-state index is -0.400. The van der Waals surface area contributed by atoms with E-state index in [1.54, 1.807) is 31.2 Å². The van der Waals surface area contributed by atoms with E-state index < -0.39 is 6.04 Å². The van der Waals surface area contributed by atoms with Crippen molar-refractivity contribution >= 4 is 11.7 Å². The highest BCUT2D eigenvalue weighted by Crippen LogP contribution is 2.10. The summed E-state index contributed by atoms with van der Waals surface area (Å²) in [6.07, 6.45) is 0. The Hall–Kier alpha value is -2.02. The van der Waals surface area contributed by atoms with Crippen LogP contribution in [-0.4, -0.2) is 19.1 Å². The number of nitriles is 1. The zero-order chi connectivity index (χ0) is 11.3. The molecule has 0 spiro atoms. The molecule has 0 heterocycles. The third kappa shape index (κ3) is 2.99. The average Bonchev–Trinajstić information content (AvgIpc) is 2.29. The number of ether oxygens (including phenoxy) is 1. The van der Waals surface area contributed by atoms with Gasteiger partial charge in [0.25, 0.3) is 0 Å². The van der Waals surface area contributed by atoms with Crippen LogP contribution in [0.4, 0.5) is 5.69 Å². The van der Waals surface area contributed by atoms with Gasteiger partial charge in [0.15, 0.2) is 0 Å². The molecule has 1 unspecified atom stereocenters. The fourth-order valence-electron chi connectivity index (χ4n) is 1.13. The lowest BCUT2D eigenvalue weighted by atomic mass is 10.2. The molecule has 78 valence electrons. The van der Waals surface area contributed by atoms with Gasteiger partial charge in [-0.1, -0.05) is 0 Å². The molecular formula is C11H12N2O2. The molecule has 4 heteroatoms. The van der Waals surface area contributed by atoms with Crippen LogP contribution in [-0.2, 0) is 9.53 Å². The Labute approximate surface area is 88.5 Å². The third-order valence-electron chi connectivity index (χ3n) is 1.95. The van der Waals surface area contributed by atoms with Gasteiger partial charge in [-0.15, -0.1) is 0 Å². The van der Waals surface area contributed by atoms with E-state index >= 15 is 0 Å². The highest BCUT2D eigenvalue weighted by molar-refractivity contribution is 5.78. The van der Waals surface area contributed by atoms with E-state index in [-0.39, 0.29) is 5.97 Å². The Morgan fingerprint density at radius 3 is 2.53 bits per heavy atom. The Bertz CT molecular complexity index is 379. The number of hydrogen-bond acceptors (Lipinski definition) is 4. The summed E-state index contributed by atoms with van der Waals surface area (Å²) in [6, 6.07) is 8.49. The second-order valence-electron chi connectivity index (χ2n) is 3.08. The molecular weight excluding hydrogens is 192 g/mol. The summed E-state index contributed by atoms with van der Waals surface area (Å²) in [5.74, 6) is -0.320. The van der Waals surface area contributed by atoms with Crippen LogP contribution in [0.2, 0.25) is 0 Å². The summed E-state index contributed by atoms with van der Waals surface area (Å²) >= 11 is 0. The van der Waals surface area contributed by atoms with Gasteiger partial charge in [0.2, 0.25) is 0 Å². The molecule has 1 rings (SSSR count). The molecule has 15 heavy (non-hydrogen) atoms. The van der Waals surface area contributed by atoms with E-state index in [1.165, 1.54) is 7.11 Å². The maximum absolute atomic E-state index is 11.1. The van der Waals surface area contributed by atoms with Crippen molar-refractivity contribution in [1.82, 2.24) is 0 Å². The van der Waals surface area contributed by atoms with Crippen LogP contribution < -0.4 is 5.32 Å². The van der Waals surface area contributed by atoms with Crippen LogP contribution in [0.5, 0.6) is 0 Å². The van der Waals surface area contributed by atoms with Crippen LogP contribution in [0.1, 0.15) is 12.5 Å². The third-order valence-corrected chi connectivity index (χ3v) is 1.95. The van der Waals surface area contributed by atoms with Gasteiger partial charge >= 0.3 is 5.97 Å². The Kier molecular flexibility index (Phi) is 3.69. The lowest BCUT2D eigenvalue weighted by molar-refractivity contribution is -0.141. The first-order valence-corrected chi connectivity index (χ1v) is 4.52. The average molecular weight is 204 g/mol. The van der Waals surface area contributed by atoms with Crippen molar-refractivity contribution in [3.8, 4) is 6.07 Å². The maximum Gasteiger partial charge on any atom is 0.327 e. The fourth-order valence-corrected chi connectivity index (χ4v) is 1.13. The molecule has 0 bridgehead atoms. The summed E-state index contributed by atoms with van der Waals surface area (Å²) in [5, 5.41) is 11.6. The molecule has 0 fully saturated rings. The summed E-state index contributed by atoms with van der Waals surface area (Å²) in [4.78, 5) is 11.1. The molecule has 0 aliphatic carbocycles. The number of nitrogens with zero attached hydrogens (tertiary/aromatic N) is 1. The quantitative estimate of drug-likeness (QED) is 0.758. The second kappa shape index (κ2) is 5.01. The van der Waals surface area contributed by atoms with E-state index in [0.29, 0.717) is 5.56 Å². The zero-order valence-electron chi connectivity index (χ0n) is 8.65. The summed E-state index contributed by atoms with van der Waals surface area (Å²) in [5.41, 5.74) is 1.37. The van der Waals surface area contributed by atoms with Crippen LogP contribution in [0, 0.1) is 11.3 Å². The minimum Gasteiger partial charge on any atom is -0.467 e. The van der Waals surface area contributed by atoms with Gasteiger partial charge in [0.05, 0.1) is 18.7 Å². The van der Waals surface area contributed by atoms with Gasteiger partial charge in [-0.3, -0.25) is 0 Å². The van der Waals surface area contributed by atoms with Crippen molar-refractivity contribution in [2.75, 3.05) is 12.4 Å². The van der Waals surface area contributed by atoms with Crippen LogP contribution >= 0.6 is 0 Å². The molecule has 0 radical (unpaired) electrons. The van der Waals surface area contributed by atoms with Gasteiger partial charge in [0, 0.05) is 5.69 Å². The van der Waals surface area contributed by atoms with E-state index in [4.69, 9.17) is 5.26 Å². The molecule has 0 aromatic heterocycles. The molecule has 1 N–H and O–H groups in total. The minimum absolute atomic E-state index is 0.320. The van der Waals surface area contributed by atoms with Crippen molar-refractivity contribution in [3.63, 3.8) is 0 Å². The van der Waals surface area contributed by atoms with Gasteiger partial charge in [-0.25, -0.2) is 4.79 Å². The lowest BCUT2D eigenvalue weighted by Gasteiger charge is -2.12. The Morgan fingerprint density at radius 1 is 1.47 bits per heavy atom. The first kappa shape index (κ1) is 11.1. The van der Waals surface area contributed by atoms with Gasteiger partial charge < -0.3 is 10.1 Å². The molecule has 4 nitrogen and oxygen atoms in total. The number of carbonyl (C=O) groups excluding carboxylic acids is 1. The predicted octanol–water partition coefficient (Wildman–Crippen LogP) is 1.53. The van der Waals surface area contributed by atoms with E-state index in [2.05, 4.69) is 10.1 Å². The normalized spacial score (nSPS) is 11.3. The SMILES string of the molecule is COC(=O)C(C)Nc1ccc(C#N)cc1. The van der Waals surface area contributed by atoms with E-state index in [0.717, 1.165) is 5.69 Å². The molecule has 1 atom stereocenters. The molecule has 0 amide bonds. The molecule has 1 aromatic carbocycles. The van der Waals surface area contributed by atoms with E-state index in [9.17, 15) is 4.79 Å². The molecule has 0 aliphatic rings. The monoisotopic (exact) mass is 204 g/mol. The summed E-state index contributed by atoms with van der Waals surface area (Å²) < 4.78 is 4.58. The Morgan fingerprint density at radius 2 is 2.07 bits per heavy atom.